The monoisotopic (exact) mass is 374 g/mol. The second-order valence-corrected chi connectivity index (χ2v) is 7.55. The van der Waals surface area contributed by atoms with E-state index in [9.17, 15) is 0 Å². The lowest BCUT2D eigenvalue weighted by Crippen LogP contribution is -2.39. The molecular formula is C19H19ClN2O2S. The molecule has 1 aliphatic rings. The van der Waals surface area contributed by atoms with E-state index in [1.807, 2.05) is 30.3 Å². The highest BCUT2D eigenvalue weighted by molar-refractivity contribution is 7.18. The molecule has 1 atom stereocenters. The molecule has 0 saturated carbocycles. The van der Waals surface area contributed by atoms with Crippen molar-refractivity contribution in [3.8, 4) is 5.75 Å². The van der Waals surface area contributed by atoms with Gasteiger partial charge in [0.05, 0.1) is 28.0 Å². The number of hydrogen-bond donors (Lipinski definition) is 1. The SMILES string of the molecule is Clc1cc(CC2CNCCO2)ccc1OCc1nc2ccccc2s1. The third kappa shape index (κ3) is 4.12. The maximum atomic E-state index is 6.39. The number of aromatic nitrogens is 1. The molecule has 0 spiro atoms. The lowest BCUT2D eigenvalue weighted by atomic mass is 10.1. The van der Waals surface area contributed by atoms with Gasteiger partial charge in [-0.2, -0.15) is 0 Å². The van der Waals surface area contributed by atoms with Gasteiger partial charge >= 0.3 is 0 Å². The van der Waals surface area contributed by atoms with E-state index in [0.717, 1.165) is 42.2 Å². The summed E-state index contributed by atoms with van der Waals surface area (Å²) in [7, 11) is 0. The summed E-state index contributed by atoms with van der Waals surface area (Å²) in [5, 5.41) is 4.92. The van der Waals surface area contributed by atoms with Crippen LogP contribution in [0.3, 0.4) is 0 Å². The van der Waals surface area contributed by atoms with Crippen molar-refractivity contribution in [3.63, 3.8) is 0 Å². The van der Waals surface area contributed by atoms with Crippen LogP contribution in [0.2, 0.25) is 5.02 Å². The minimum atomic E-state index is 0.208. The van der Waals surface area contributed by atoms with Gasteiger partial charge < -0.3 is 14.8 Å². The summed E-state index contributed by atoms with van der Waals surface area (Å²) >= 11 is 8.04. The van der Waals surface area contributed by atoms with Gasteiger partial charge in [-0.3, -0.25) is 0 Å². The summed E-state index contributed by atoms with van der Waals surface area (Å²) < 4.78 is 12.8. The summed E-state index contributed by atoms with van der Waals surface area (Å²) in [6.07, 6.45) is 1.06. The summed E-state index contributed by atoms with van der Waals surface area (Å²) in [5.74, 6) is 0.687. The van der Waals surface area contributed by atoms with Crippen molar-refractivity contribution in [2.24, 2.45) is 0 Å². The van der Waals surface area contributed by atoms with Gasteiger partial charge in [0.1, 0.15) is 17.4 Å². The summed E-state index contributed by atoms with van der Waals surface area (Å²) in [5.41, 5.74) is 2.17. The van der Waals surface area contributed by atoms with Crippen molar-refractivity contribution < 1.29 is 9.47 Å². The Hall–Kier alpha value is -1.66. The van der Waals surface area contributed by atoms with Gasteiger partial charge in [0.15, 0.2) is 0 Å². The Morgan fingerprint density at radius 1 is 1.28 bits per heavy atom. The Balaban J connectivity index is 1.40. The molecule has 25 heavy (non-hydrogen) atoms. The van der Waals surface area contributed by atoms with Crippen LogP contribution in [-0.4, -0.2) is 30.8 Å². The van der Waals surface area contributed by atoms with Crippen LogP contribution in [0, 0.1) is 0 Å². The van der Waals surface area contributed by atoms with Crippen LogP contribution >= 0.6 is 22.9 Å². The third-order valence-corrected chi connectivity index (χ3v) is 5.46. The average Bonchev–Trinajstić information content (AvgIpc) is 3.05. The summed E-state index contributed by atoms with van der Waals surface area (Å²) in [4.78, 5) is 4.58. The number of thiazole rings is 1. The Bertz CT molecular complexity index is 829. The highest BCUT2D eigenvalue weighted by atomic mass is 35.5. The number of rotatable bonds is 5. The largest absolute Gasteiger partial charge is 0.485 e. The van der Waals surface area contributed by atoms with Crippen LogP contribution in [-0.2, 0) is 17.8 Å². The number of nitrogens with one attached hydrogen (secondary N) is 1. The van der Waals surface area contributed by atoms with Gasteiger partial charge in [0, 0.05) is 13.1 Å². The quantitative estimate of drug-likeness (QED) is 0.731. The van der Waals surface area contributed by atoms with Crippen molar-refractivity contribution in [3.05, 3.63) is 58.1 Å². The van der Waals surface area contributed by atoms with Crippen molar-refractivity contribution in [1.82, 2.24) is 10.3 Å². The Morgan fingerprint density at radius 2 is 2.20 bits per heavy atom. The van der Waals surface area contributed by atoms with Crippen LogP contribution in [0.4, 0.5) is 0 Å². The predicted octanol–water partition coefficient (Wildman–Crippen LogP) is 4.06. The molecule has 1 aromatic heterocycles. The zero-order valence-electron chi connectivity index (χ0n) is 13.7. The molecular weight excluding hydrogens is 356 g/mol. The third-order valence-electron chi connectivity index (χ3n) is 4.15. The number of hydrogen-bond acceptors (Lipinski definition) is 5. The number of nitrogens with zero attached hydrogens (tertiary/aromatic N) is 1. The predicted molar refractivity (Wildman–Crippen MR) is 102 cm³/mol. The molecule has 6 heteroatoms. The molecule has 4 nitrogen and oxygen atoms in total. The van der Waals surface area contributed by atoms with Gasteiger partial charge in [-0.1, -0.05) is 29.8 Å². The van der Waals surface area contributed by atoms with Gasteiger partial charge in [-0.15, -0.1) is 11.3 Å². The number of para-hydroxylation sites is 1. The molecule has 130 valence electrons. The Labute approximate surface area is 155 Å². The van der Waals surface area contributed by atoms with Crippen LogP contribution in [0.5, 0.6) is 5.75 Å². The van der Waals surface area contributed by atoms with Crippen LogP contribution in [0.25, 0.3) is 10.2 Å². The minimum Gasteiger partial charge on any atom is -0.485 e. The maximum Gasteiger partial charge on any atom is 0.140 e. The zero-order valence-corrected chi connectivity index (χ0v) is 15.3. The normalized spacial score (nSPS) is 17.7. The van der Waals surface area contributed by atoms with Gasteiger partial charge in [0.2, 0.25) is 0 Å². The first-order valence-corrected chi connectivity index (χ1v) is 9.55. The maximum absolute atomic E-state index is 6.39. The number of benzene rings is 2. The van der Waals surface area contributed by atoms with Crippen LogP contribution in [0.15, 0.2) is 42.5 Å². The second-order valence-electron chi connectivity index (χ2n) is 6.03. The fourth-order valence-corrected chi connectivity index (χ4v) is 4.06. The fourth-order valence-electron chi connectivity index (χ4n) is 2.92. The van der Waals surface area contributed by atoms with E-state index < -0.39 is 0 Å². The highest BCUT2D eigenvalue weighted by Crippen LogP contribution is 2.28. The molecule has 0 radical (unpaired) electrons. The first-order valence-electron chi connectivity index (χ1n) is 8.36. The Kier molecular flexibility index (Phi) is 5.17. The van der Waals surface area contributed by atoms with E-state index in [1.54, 1.807) is 11.3 Å². The summed E-state index contributed by atoms with van der Waals surface area (Å²) in [6, 6.07) is 14.0. The number of fused-ring (bicyclic) bond motifs is 1. The molecule has 4 rings (SSSR count). The van der Waals surface area contributed by atoms with E-state index in [1.165, 1.54) is 4.70 Å². The van der Waals surface area contributed by atoms with Crippen molar-refractivity contribution >= 4 is 33.2 Å². The van der Waals surface area contributed by atoms with Crippen LogP contribution < -0.4 is 10.1 Å². The number of halogens is 1. The fraction of sp³-hybridized carbons (Fsp3) is 0.316. The molecule has 0 aliphatic carbocycles. The van der Waals surface area contributed by atoms with Crippen molar-refractivity contribution in [1.29, 1.82) is 0 Å². The smallest absolute Gasteiger partial charge is 0.140 e. The highest BCUT2D eigenvalue weighted by Gasteiger charge is 2.15. The van der Waals surface area contributed by atoms with E-state index in [4.69, 9.17) is 21.1 Å². The molecule has 0 amide bonds. The minimum absolute atomic E-state index is 0.208. The first-order chi connectivity index (χ1) is 12.3. The molecule has 3 aromatic rings. The first kappa shape index (κ1) is 16.8. The van der Waals surface area contributed by atoms with Crippen molar-refractivity contribution in [2.45, 2.75) is 19.1 Å². The van der Waals surface area contributed by atoms with E-state index in [-0.39, 0.29) is 6.10 Å². The van der Waals surface area contributed by atoms with E-state index in [0.29, 0.717) is 17.4 Å². The number of morpholine rings is 1. The molecule has 0 bridgehead atoms. The molecule has 2 aromatic carbocycles. The van der Waals surface area contributed by atoms with Gasteiger partial charge in [-0.05, 0) is 36.2 Å². The lowest BCUT2D eigenvalue weighted by Gasteiger charge is -2.23. The Morgan fingerprint density at radius 3 is 3.00 bits per heavy atom. The average molecular weight is 375 g/mol. The molecule has 1 N–H and O–H groups in total. The molecule has 1 unspecified atom stereocenters. The molecule has 1 fully saturated rings. The molecule has 1 saturated heterocycles. The standard InChI is InChI=1S/C19H19ClN2O2S/c20-15-10-13(9-14-11-21-7-8-23-14)5-6-17(15)24-12-19-22-16-3-1-2-4-18(16)25-19/h1-6,10,14,21H,7-9,11-12H2. The van der Waals surface area contributed by atoms with Crippen molar-refractivity contribution in [2.75, 3.05) is 19.7 Å². The topological polar surface area (TPSA) is 43.4 Å². The second kappa shape index (κ2) is 7.70. The van der Waals surface area contributed by atoms with Gasteiger partial charge in [0.25, 0.3) is 0 Å². The molecule has 1 aliphatic heterocycles. The summed E-state index contributed by atoms with van der Waals surface area (Å²) in [6.45, 7) is 3.00. The lowest BCUT2D eigenvalue weighted by molar-refractivity contribution is 0.0292. The number of ether oxygens (including phenoxy) is 2. The van der Waals surface area contributed by atoms with Gasteiger partial charge in [-0.25, -0.2) is 4.98 Å². The van der Waals surface area contributed by atoms with E-state index in [2.05, 4.69) is 22.4 Å². The zero-order chi connectivity index (χ0) is 17.1. The van der Waals surface area contributed by atoms with Crippen LogP contribution in [0.1, 0.15) is 10.6 Å². The molecule has 2 heterocycles. The van der Waals surface area contributed by atoms with E-state index >= 15 is 0 Å².